The maximum absolute atomic E-state index is 10.4. The van der Waals surface area contributed by atoms with Gasteiger partial charge in [0.2, 0.25) is 0 Å². The summed E-state index contributed by atoms with van der Waals surface area (Å²) in [5.74, 6) is 0.0576. The fourth-order valence-corrected chi connectivity index (χ4v) is 5.23. The van der Waals surface area contributed by atoms with Crippen LogP contribution in [0.1, 0.15) is 31.7 Å². The van der Waals surface area contributed by atoms with Crippen molar-refractivity contribution in [1.82, 2.24) is 24.3 Å². The lowest BCUT2D eigenvalue weighted by Gasteiger charge is -2.24. The van der Waals surface area contributed by atoms with Gasteiger partial charge in [-0.1, -0.05) is 26.1 Å². The summed E-state index contributed by atoms with van der Waals surface area (Å²) < 4.78 is 9.74. The summed E-state index contributed by atoms with van der Waals surface area (Å²) in [5.41, 5.74) is 2.52. The maximum Gasteiger partial charge on any atom is 0.145 e. The smallest absolute Gasteiger partial charge is 0.145 e. The fraction of sp³-hybridized carbons (Fsp3) is 0.565. The average Bonchev–Trinajstić information content (AvgIpc) is 3.49. The Morgan fingerprint density at radius 2 is 2.16 bits per heavy atom. The molecule has 0 spiro atoms. The fourth-order valence-electron chi connectivity index (χ4n) is 4.47. The van der Waals surface area contributed by atoms with Crippen LogP contribution in [-0.4, -0.2) is 50.2 Å². The molecule has 3 atom stereocenters. The Morgan fingerprint density at radius 1 is 1.31 bits per heavy atom. The van der Waals surface area contributed by atoms with E-state index in [1.54, 1.807) is 12.5 Å². The zero-order chi connectivity index (χ0) is 22.7. The lowest BCUT2D eigenvalue weighted by molar-refractivity contribution is 0.0899. The highest BCUT2D eigenvalue weighted by Gasteiger charge is 2.34. The number of aliphatic hydroxyl groups excluding tert-OH is 1. The van der Waals surface area contributed by atoms with Crippen molar-refractivity contribution >= 4 is 19.1 Å². The molecule has 1 aliphatic carbocycles. The monoisotopic (exact) mass is 452 g/mol. The van der Waals surface area contributed by atoms with Gasteiger partial charge in [-0.05, 0) is 25.0 Å². The van der Waals surface area contributed by atoms with E-state index in [2.05, 4.69) is 40.8 Å². The lowest BCUT2D eigenvalue weighted by atomic mass is 9.94. The van der Waals surface area contributed by atoms with E-state index in [0.717, 1.165) is 54.2 Å². The van der Waals surface area contributed by atoms with Crippen molar-refractivity contribution in [2.45, 2.75) is 70.2 Å². The van der Waals surface area contributed by atoms with Crippen LogP contribution >= 0.6 is 0 Å². The van der Waals surface area contributed by atoms with Crippen molar-refractivity contribution in [2.75, 3.05) is 6.61 Å². The topological polar surface area (TPSA) is 102 Å². The van der Waals surface area contributed by atoms with Crippen LogP contribution in [0.4, 0.5) is 0 Å². The molecule has 0 radical (unpaired) electrons. The van der Waals surface area contributed by atoms with Crippen LogP contribution in [0.2, 0.25) is 25.7 Å². The Hall–Kier alpha value is -2.54. The summed E-state index contributed by atoms with van der Waals surface area (Å²) >= 11 is 0. The van der Waals surface area contributed by atoms with Gasteiger partial charge in [0.05, 0.1) is 36.5 Å². The number of fused-ring (bicyclic) bond motifs is 1. The Bertz CT molecular complexity index is 1100. The molecule has 0 aliphatic heterocycles. The predicted octanol–water partition coefficient (Wildman–Crippen LogP) is 4.22. The summed E-state index contributed by atoms with van der Waals surface area (Å²) in [6.07, 6.45) is 9.93. The van der Waals surface area contributed by atoms with Crippen molar-refractivity contribution < 1.29 is 9.84 Å². The zero-order valence-corrected chi connectivity index (χ0v) is 20.1. The number of nitriles is 1. The highest BCUT2D eigenvalue weighted by atomic mass is 28.3. The molecule has 0 aromatic carbocycles. The van der Waals surface area contributed by atoms with Crippen molar-refractivity contribution in [3.63, 3.8) is 0 Å². The first-order chi connectivity index (χ1) is 15.4. The van der Waals surface area contributed by atoms with Crippen LogP contribution in [0, 0.1) is 17.2 Å². The van der Waals surface area contributed by atoms with Gasteiger partial charge in [-0.3, -0.25) is 4.68 Å². The van der Waals surface area contributed by atoms with E-state index in [1.807, 2.05) is 27.7 Å². The molecule has 0 amide bonds. The van der Waals surface area contributed by atoms with E-state index in [0.29, 0.717) is 13.2 Å². The van der Waals surface area contributed by atoms with E-state index < -0.39 is 8.07 Å². The maximum atomic E-state index is 10.4. The highest BCUT2D eigenvalue weighted by molar-refractivity contribution is 6.76. The Labute approximate surface area is 189 Å². The van der Waals surface area contributed by atoms with Crippen LogP contribution in [0.3, 0.4) is 0 Å². The molecule has 170 valence electrons. The third kappa shape index (κ3) is 4.93. The van der Waals surface area contributed by atoms with E-state index in [-0.39, 0.29) is 18.1 Å². The van der Waals surface area contributed by atoms with E-state index in [9.17, 15) is 10.4 Å². The number of aliphatic hydroxyl groups is 1. The summed E-state index contributed by atoms with van der Waals surface area (Å²) in [7, 11) is -1.12. The number of hydrogen-bond acceptors (Lipinski definition) is 6. The van der Waals surface area contributed by atoms with Gasteiger partial charge in [0, 0.05) is 43.9 Å². The highest BCUT2D eigenvalue weighted by Crippen LogP contribution is 2.37. The minimum atomic E-state index is -1.12. The zero-order valence-electron chi connectivity index (χ0n) is 19.1. The number of hydrogen-bond donors (Lipinski definition) is 1. The molecule has 1 saturated carbocycles. The van der Waals surface area contributed by atoms with Crippen molar-refractivity contribution in [3.05, 3.63) is 31.0 Å². The first-order valence-electron chi connectivity index (χ1n) is 11.3. The SMILES string of the molecule is C[Si](C)(C)CCOCn1ccc2c(-c3cnn(C(CC#N)C4CCCC4O)c3)ncnc21. The van der Waals surface area contributed by atoms with Crippen molar-refractivity contribution in [3.8, 4) is 17.3 Å². The molecule has 4 rings (SSSR count). The molecule has 8 nitrogen and oxygen atoms in total. The van der Waals surface area contributed by atoms with Gasteiger partial charge in [-0.2, -0.15) is 10.4 Å². The second-order valence-corrected chi connectivity index (χ2v) is 15.5. The van der Waals surface area contributed by atoms with Gasteiger partial charge in [0.25, 0.3) is 0 Å². The molecule has 0 saturated heterocycles. The van der Waals surface area contributed by atoms with Gasteiger partial charge in [0.15, 0.2) is 0 Å². The van der Waals surface area contributed by atoms with Crippen LogP contribution in [0.25, 0.3) is 22.3 Å². The van der Waals surface area contributed by atoms with Gasteiger partial charge >= 0.3 is 0 Å². The van der Waals surface area contributed by atoms with Crippen LogP contribution < -0.4 is 0 Å². The predicted molar refractivity (Wildman–Crippen MR) is 125 cm³/mol. The molecule has 3 unspecified atom stereocenters. The number of nitrogens with zero attached hydrogens (tertiary/aromatic N) is 6. The number of aromatic nitrogens is 5. The van der Waals surface area contributed by atoms with E-state index >= 15 is 0 Å². The molecule has 3 aromatic heterocycles. The lowest BCUT2D eigenvalue weighted by Crippen LogP contribution is -2.26. The molecule has 3 aromatic rings. The molecule has 3 heterocycles. The number of ether oxygens (including phenoxy) is 1. The van der Waals surface area contributed by atoms with Crippen LogP contribution in [-0.2, 0) is 11.5 Å². The second-order valence-electron chi connectivity index (χ2n) is 9.89. The Balaban J connectivity index is 1.55. The van der Waals surface area contributed by atoms with E-state index in [4.69, 9.17) is 4.74 Å². The third-order valence-corrected chi connectivity index (χ3v) is 8.03. The first-order valence-corrected chi connectivity index (χ1v) is 15.1. The van der Waals surface area contributed by atoms with Gasteiger partial charge in [-0.15, -0.1) is 0 Å². The molecular weight excluding hydrogens is 420 g/mol. The van der Waals surface area contributed by atoms with Gasteiger partial charge in [-0.25, -0.2) is 9.97 Å². The minimum Gasteiger partial charge on any atom is -0.393 e. The Morgan fingerprint density at radius 3 is 2.88 bits per heavy atom. The van der Waals surface area contributed by atoms with E-state index in [1.165, 1.54) is 0 Å². The largest absolute Gasteiger partial charge is 0.393 e. The van der Waals surface area contributed by atoms with Crippen molar-refractivity contribution in [2.24, 2.45) is 5.92 Å². The average molecular weight is 453 g/mol. The number of rotatable bonds is 9. The van der Waals surface area contributed by atoms with Crippen LogP contribution in [0.5, 0.6) is 0 Å². The molecule has 1 fully saturated rings. The molecule has 1 N–H and O–H groups in total. The third-order valence-electron chi connectivity index (χ3n) is 6.32. The summed E-state index contributed by atoms with van der Waals surface area (Å²) in [6, 6.07) is 5.28. The van der Waals surface area contributed by atoms with Crippen LogP contribution in [0.15, 0.2) is 31.0 Å². The summed E-state index contributed by atoms with van der Waals surface area (Å²) in [6.45, 7) is 8.25. The summed E-state index contributed by atoms with van der Waals surface area (Å²) in [5, 5.41) is 25.2. The van der Waals surface area contributed by atoms with Gasteiger partial charge < -0.3 is 14.4 Å². The molecular formula is C23H32N6O2Si. The quantitative estimate of drug-likeness (QED) is 0.385. The molecule has 0 bridgehead atoms. The van der Waals surface area contributed by atoms with Gasteiger partial charge in [0.1, 0.15) is 18.7 Å². The molecule has 9 heteroatoms. The Kier molecular flexibility index (Phi) is 6.74. The normalized spacial score (nSPS) is 20.0. The first kappa shape index (κ1) is 22.6. The van der Waals surface area contributed by atoms with Crippen molar-refractivity contribution in [1.29, 1.82) is 5.26 Å². The standard InChI is InChI=1S/C23H32N6O2Si/c1-32(2,3)12-11-31-16-28-10-8-19-22(25-15-26-23(19)28)17-13-27-29(14-17)20(7-9-24)18-5-4-6-21(18)30/h8,10,13-15,18,20-21,30H,4-7,11-12,16H2,1-3H3. The summed E-state index contributed by atoms with van der Waals surface area (Å²) in [4.78, 5) is 9.00. The molecule has 1 aliphatic rings. The molecule has 32 heavy (non-hydrogen) atoms. The minimum absolute atomic E-state index is 0.0576. The second kappa shape index (κ2) is 9.53.